The number of nitrogens with zero attached hydrogens (tertiary/aromatic N) is 2. The second kappa shape index (κ2) is 10.8. The van der Waals surface area contributed by atoms with E-state index in [-0.39, 0.29) is 5.82 Å². The maximum atomic E-state index is 13.2. The number of aromatic nitrogens is 2. The topological polar surface area (TPSA) is 7.76 Å². The van der Waals surface area contributed by atoms with Crippen LogP contribution in [0.2, 0.25) is 0 Å². The molecule has 0 aliphatic carbocycles. The van der Waals surface area contributed by atoms with E-state index in [2.05, 4.69) is 48.0 Å². The summed E-state index contributed by atoms with van der Waals surface area (Å²) in [7, 11) is 0. The van der Waals surface area contributed by atoms with Crippen molar-refractivity contribution in [1.82, 2.24) is 0 Å². The predicted molar refractivity (Wildman–Crippen MR) is 143 cm³/mol. The minimum Gasteiger partial charge on any atom is -0.207 e. The molecule has 2 heterocycles. The Morgan fingerprint density at radius 1 is 0.564 bits per heavy atom. The van der Waals surface area contributed by atoms with Crippen LogP contribution in [0.25, 0.3) is 22.3 Å². The molecule has 0 fully saturated rings. The molecule has 3 aromatic carbocycles. The van der Waals surface area contributed by atoms with Crippen molar-refractivity contribution in [2.24, 2.45) is 0 Å². The normalized spacial score (nSPS) is 11.5. The van der Waals surface area contributed by atoms with E-state index in [1.807, 2.05) is 36.1 Å². The lowest BCUT2D eigenvalue weighted by atomic mass is 9.97. The SMILES string of the molecule is Cc1c[n+](Cc2ccc(F)cc2)ccc1-c1ccc(-c2cc[n+](Cc3ccc(C(F)(F)F)cc3)cc2C)cc1. The van der Waals surface area contributed by atoms with Crippen LogP contribution in [0.1, 0.15) is 27.8 Å². The van der Waals surface area contributed by atoms with Gasteiger partial charge in [0.15, 0.2) is 37.9 Å². The Morgan fingerprint density at radius 2 is 0.974 bits per heavy atom. The van der Waals surface area contributed by atoms with Gasteiger partial charge in [0.05, 0.1) is 5.56 Å². The third kappa shape index (κ3) is 6.23. The van der Waals surface area contributed by atoms with Crippen LogP contribution in [0.5, 0.6) is 0 Å². The van der Waals surface area contributed by atoms with E-state index >= 15 is 0 Å². The molecule has 196 valence electrons. The Balaban J connectivity index is 1.29. The second-order valence-corrected chi connectivity index (χ2v) is 9.83. The minimum absolute atomic E-state index is 0.234. The molecule has 0 saturated heterocycles. The van der Waals surface area contributed by atoms with Crippen molar-refractivity contribution in [2.45, 2.75) is 33.1 Å². The predicted octanol–water partition coefficient (Wildman–Crippen LogP) is 7.47. The van der Waals surface area contributed by atoms with E-state index in [0.717, 1.165) is 56.6 Å². The Bertz CT molecular complexity index is 1590. The van der Waals surface area contributed by atoms with Gasteiger partial charge in [0.1, 0.15) is 5.82 Å². The average Bonchev–Trinajstić information content (AvgIpc) is 2.90. The molecule has 6 heteroatoms. The van der Waals surface area contributed by atoms with Crippen LogP contribution in [-0.4, -0.2) is 0 Å². The highest BCUT2D eigenvalue weighted by Gasteiger charge is 2.30. The molecule has 2 aromatic heterocycles. The Labute approximate surface area is 225 Å². The van der Waals surface area contributed by atoms with E-state index in [4.69, 9.17) is 0 Å². The summed E-state index contributed by atoms with van der Waals surface area (Å²) < 4.78 is 55.7. The van der Waals surface area contributed by atoms with E-state index in [1.165, 1.54) is 24.3 Å². The number of benzene rings is 3. The van der Waals surface area contributed by atoms with Crippen LogP contribution in [0.3, 0.4) is 0 Å². The lowest BCUT2D eigenvalue weighted by molar-refractivity contribution is -0.688. The van der Waals surface area contributed by atoms with Gasteiger partial charge in [-0.05, 0) is 72.5 Å². The van der Waals surface area contributed by atoms with Crippen LogP contribution in [-0.2, 0) is 19.3 Å². The molecular formula is C33H28F4N2+2. The van der Waals surface area contributed by atoms with Gasteiger partial charge in [-0.3, -0.25) is 0 Å². The van der Waals surface area contributed by atoms with Gasteiger partial charge in [0.25, 0.3) is 0 Å². The molecule has 0 aliphatic heterocycles. The zero-order valence-electron chi connectivity index (χ0n) is 21.7. The Kier molecular flexibility index (Phi) is 7.29. The molecular weight excluding hydrogens is 500 g/mol. The number of aryl methyl sites for hydroxylation is 2. The van der Waals surface area contributed by atoms with Gasteiger partial charge in [0, 0.05) is 34.4 Å². The van der Waals surface area contributed by atoms with E-state index < -0.39 is 11.7 Å². The summed E-state index contributed by atoms with van der Waals surface area (Å²) in [6.07, 6.45) is 3.78. The molecule has 0 unspecified atom stereocenters. The van der Waals surface area contributed by atoms with Crippen molar-refractivity contribution in [2.75, 3.05) is 0 Å². The minimum atomic E-state index is -4.33. The first kappa shape index (κ1) is 26.3. The summed E-state index contributed by atoms with van der Waals surface area (Å²) in [6, 6.07) is 24.4. The summed E-state index contributed by atoms with van der Waals surface area (Å²) in [4.78, 5) is 0. The fourth-order valence-electron chi connectivity index (χ4n) is 4.81. The van der Waals surface area contributed by atoms with Crippen molar-refractivity contribution in [1.29, 1.82) is 0 Å². The number of pyridine rings is 2. The summed E-state index contributed by atoms with van der Waals surface area (Å²) in [5, 5.41) is 0. The summed E-state index contributed by atoms with van der Waals surface area (Å²) in [6.45, 7) is 5.29. The monoisotopic (exact) mass is 528 g/mol. The highest BCUT2D eigenvalue weighted by molar-refractivity contribution is 5.72. The van der Waals surface area contributed by atoms with Crippen LogP contribution >= 0.6 is 0 Å². The summed E-state index contributed by atoms with van der Waals surface area (Å²) in [5.74, 6) is -0.234. The van der Waals surface area contributed by atoms with Crippen molar-refractivity contribution >= 4 is 0 Å². The zero-order chi connectivity index (χ0) is 27.6. The molecule has 0 bridgehead atoms. The Hall–Kier alpha value is -4.32. The summed E-state index contributed by atoms with van der Waals surface area (Å²) >= 11 is 0. The second-order valence-electron chi connectivity index (χ2n) is 9.83. The lowest BCUT2D eigenvalue weighted by Gasteiger charge is -2.09. The van der Waals surface area contributed by atoms with Crippen molar-refractivity contribution in [3.8, 4) is 22.3 Å². The van der Waals surface area contributed by atoms with Crippen LogP contribution < -0.4 is 9.13 Å². The van der Waals surface area contributed by atoms with Gasteiger partial charge in [-0.15, -0.1) is 0 Å². The third-order valence-electron chi connectivity index (χ3n) is 6.87. The molecule has 0 radical (unpaired) electrons. The number of halogens is 4. The van der Waals surface area contributed by atoms with Gasteiger partial charge < -0.3 is 0 Å². The third-order valence-corrected chi connectivity index (χ3v) is 6.87. The molecule has 0 aliphatic rings. The van der Waals surface area contributed by atoms with Gasteiger partial charge in [-0.2, -0.15) is 13.2 Å². The lowest BCUT2D eigenvalue weighted by Crippen LogP contribution is -2.33. The van der Waals surface area contributed by atoms with E-state index in [9.17, 15) is 17.6 Å². The van der Waals surface area contributed by atoms with Crippen LogP contribution in [0.4, 0.5) is 17.6 Å². The number of rotatable bonds is 6. The van der Waals surface area contributed by atoms with Crippen molar-refractivity contribution in [3.63, 3.8) is 0 Å². The number of hydrogen-bond donors (Lipinski definition) is 0. The quantitative estimate of drug-likeness (QED) is 0.160. The number of alkyl halides is 3. The zero-order valence-corrected chi connectivity index (χ0v) is 21.7. The maximum absolute atomic E-state index is 13.2. The molecule has 0 N–H and O–H groups in total. The molecule has 0 atom stereocenters. The molecule has 5 rings (SSSR count). The standard InChI is InChI=1S/C33H28F4N2/c1-23-19-38(21-25-3-11-29(12-4-25)33(35,36)37)17-15-31(23)27-7-9-28(10-8-27)32-16-18-39(20-24(32)2)22-26-5-13-30(34)14-6-26/h3-20H,21-22H2,1-2H3/q+2. The summed E-state index contributed by atoms with van der Waals surface area (Å²) in [5.41, 5.74) is 7.90. The van der Waals surface area contributed by atoms with Crippen LogP contribution in [0.15, 0.2) is 110 Å². The number of hydrogen-bond acceptors (Lipinski definition) is 0. The maximum Gasteiger partial charge on any atom is 0.416 e. The van der Waals surface area contributed by atoms with E-state index in [0.29, 0.717) is 13.1 Å². The van der Waals surface area contributed by atoms with Crippen molar-refractivity contribution < 1.29 is 26.7 Å². The first-order valence-corrected chi connectivity index (χ1v) is 12.7. The van der Waals surface area contributed by atoms with Crippen LogP contribution in [0, 0.1) is 19.7 Å². The molecule has 0 amide bonds. The van der Waals surface area contributed by atoms with Gasteiger partial charge in [-0.1, -0.05) is 36.4 Å². The van der Waals surface area contributed by atoms with Gasteiger partial charge >= 0.3 is 6.18 Å². The first-order chi connectivity index (χ1) is 18.7. The average molecular weight is 529 g/mol. The Morgan fingerprint density at radius 3 is 1.36 bits per heavy atom. The smallest absolute Gasteiger partial charge is 0.207 e. The largest absolute Gasteiger partial charge is 0.416 e. The first-order valence-electron chi connectivity index (χ1n) is 12.7. The fraction of sp³-hybridized carbons (Fsp3) is 0.152. The highest BCUT2D eigenvalue weighted by Crippen LogP contribution is 2.30. The van der Waals surface area contributed by atoms with Gasteiger partial charge in [0.2, 0.25) is 0 Å². The van der Waals surface area contributed by atoms with Gasteiger partial charge in [-0.25, -0.2) is 13.5 Å². The molecule has 39 heavy (non-hydrogen) atoms. The van der Waals surface area contributed by atoms with Crippen molar-refractivity contribution in [3.05, 3.63) is 143 Å². The molecule has 5 aromatic rings. The molecule has 0 spiro atoms. The highest BCUT2D eigenvalue weighted by atomic mass is 19.4. The molecule has 0 saturated carbocycles. The fourth-order valence-corrected chi connectivity index (χ4v) is 4.81. The molecule has 2 nitrogen and oxygen atoms in total. The van der Waals surface area contributed by atoms with E-state index in [1.54, 1.807) is 12.1 Å².